The van der Waals surface area contributed by atoms with Crippen LogP contribution in [0.1, 0.15) is 19.3 Å². The molecule has 1 N–H and O–H groups in total. The Kier molecular flexibility index (Phi) is 6.07. The summed E-state index contributed by atoms with van der Waals surface area (Å²) in [5, 5.41) is 3.47. The third kappa shape index (κ3) is 4.16. The first-order valence-electron chi connectivity index (χ1n) is 6.89. The minimum atomic E-state index is 0.525. The van der Waals surface area contributed by atoms with Crippen LogP contribution in [0.15, 0.2) is 22.8 Å². The van der Waals surface area contributed by atoms with Crippen molar-refractivity contribution in [1.29, 1.82) is 0 Å². The number of piperidine rings is 1. The monoisotopic (exact) mass is 327 g/mol. The van der Waals surface area contributed by atoms with Gasteiger partial charge in [0.25, 0.3) is 0 Å². The van der Waals surface area contributed by atoms with Crippen molar-refractivity contribution in [2.45, 2.75) is 25.3 Å². The Labute approximate surface area is 123 Å². The zero-order valence-electron chi connectivity index (χ0n) is 11.4. The smallest absolute Gasteiger partial charge is 0.143 e. The van der Waals surface area contributed by atoms with Crippen LogP contribution in [-0.2, 0) is 4.74 Å². The van der Waals surface area contributed by atoms with E-state index in [2.05, 4.69) is 37.2 Å². The molecule has 1 fully saturated rings. The summed E-state index contributed by atoms with van der Waals surface area (Å²) in [6.07, 6.45) is 5.64. The fourth-order valence-electron chi connectivity index (χ4n) is 2.52. The van der Waals surface area contributed by atoms with Crippen LogP contribution in [0.2, 0.25) is 0 Å². The summed E-state index contributed by atoms with van der Waals surface area (Å²) < 4.78 is 6.15. The first-order valence-corrected chi connectivity index (χ1v) is 7.69. The van der Waals surface area contributed by atoms with E-state index in [9.17, 15) is 0 Å². The van der Waals surface area contributed by atoms with Crippen LogP contribution in [0.3, 0.4) is 0 Å². The number of hydrogen-bond acceptors (Lipinski definition) is 4. The van der Waals surface area contributed by atoms with Crippen molar-refractivity contribution in [2.75, 3.05) is 38.3 Å². The van der Waals surface area contributed by atoms with Crippen molar-refractivity contribution in [2.24, 2.45) is 0 Å². The highest BCUT2D eigenvalue weighted by Gasteiger charge is 2.24. The van der Waals surface area contributed by atoms with Gasteiger partial charge in [-0.1, -0.05) is 0 Å². The van der Waals surface area contributed by atoms with Crippen molar-refractivity contribution in [3.8, 4) is 0 Å². The Morgan fingerprint density at radius 1 is 1.53 bits per heavy atom. The molecule has 4 nitrogen and oxygen atoms in total. The summed E-state index contributed by atoms with van der Waals surface area (Å²) in [4.78, 5) is 6.95. The van der Waals surface area contributed by atoms with E-state index >= 15 is 0 Å². The Morgan fingerprint density at radius 2 is 2.42 bits per heavy atom. The normalized spacial score (nSPS) is 19.7. The summed E-state index contributed by atoms with van der Waals surface area (Å²) in [6, 6.07) is 4.55. The van der Waals surface area contributed by atoms with E-state index in [4.69, 9.17) is 4.74 Å². The van der Waals surface area contributed by atoms with Gasteiger partial charge in [0.05, 0.1) is 11.1 Å². The molecule has 19 heavy (non-hydrogen) atoms. The molecule has 0 spiro atoms. The van der Waals surface area contributed by atoms with E-state index in [1.54, 1.807) is 7.11 Å². The molecular formula is C14H22BrN3O. The largest absolute Gasteiger partial charge is 0.383 e. The molecular weight excluding hydrogens is 306 g/mol. The number of halogens is 1. The number of pyridine rings is 1. The lowest BCUT2D eigenvalue weighted by atomic mass is 10.0. The van der Waals surface area contributed by atoms with E-state index in [1.165, 1.54) is 19.3 Å². The quantitative estimate of drug-likeness (QED) is 0.814. The lowest BCUT2D eigenvalue weighted by molar-refractivity contribution is 0.198. The summed E-state index contributed by atoms with van der Waals surface area (Å²) in [5.41, 5.74) is 0. The van der Waals surface area contributed by atoms with Crippen molar-refractivity contribution in [3.05, 3.63) is 22.8 Å². The zero-order chi connectivity index (χ0) is 13.5. The van der Waals surface area contributed by atoms with E-state index in [0.29, 0.717) is 6.04 Å². The first-order chi connectivity index (χ1) is 9.33. The maximum absolute atomic E-state index is 5.07. The van der Waals surface area contributed by atoms with Gasteiger partial charge in [-0.2, -0.15) is 0 Å². The highest BCUT2D eigenvalue weighted by molar-refractivity contribution is 9.10. The number of hydrogen-bond donors (Lipinski definition) is 1. The number of methoxy groups -OCH3 is 1. The Balaban J connectivity index is 1.98. The molecule has 1 aliphatic rings. The molecule has 0 saturated carbocycles. The van der Waals surface area contributed by atoms with Gasteiger partial charge in [0.15, 0.2) is 0 Å². The number of anilines is 1. The van der Waals surface area contributed by atoms with Crippen molar-refractivity contribution >= 4 is 21.7 Å². The minimum absolute atomic E-state index is 0.525. The second-order valence-corrected chi connectivity index (χ2v) is 5.70. The summed E-state index contributed by atoms with van der Waals surface area (Å²) in [7, 11) is 1.74. The molecule has 2 heterocycles. The summed E-state index contributed by atoms with van der Waals surface area (Å²) >= 11 is 3.61. The standard InChI is InChI=1S/C14H22BrN3O/c1-19-10-8-16-11-12-5-2-3-9-18(12)14-13(15)6-4-7-17-14/h4,6-7,12,16H,2-3,5,8-11H2,1H3. The molecule has 1 unspecified atom stereocenters. The average molecular weight is 328 g/mol. The van der Waals surface area contributed by atoms with E-state index in [0.717, 1.165) is 36.5 Å². The van der Waals surface area contributed by atoms with Crippen molar-refractivity contribution in [1.82, 2.24) is 10.3 Å². The van der Waals surface area contributed by atoms with Crippen LogP contribution in [0.4, 0.5) is 5.82 Å². The topological polar surface area (TPSA) is 37.4 Å². The third-order valence-corrected chi connectivity index (χ3v) is 4.12. The number of ether oxygens (including phenoxy) is 1. The van der Waals surface area contributed by atoms with Crippen molar-refractivity contribution in [3.63, 3.8) is 0 Å². The van der Waals surface area contributed by atoms with Gasteiger partial charge in [0.2, 0.25) is 0 Å². The van der Waals surface area contributed by atoms with Gasteiger partial charge in [-0.05, 0) is 47.3 Å². The van der Waals surface area contributed by atoms with E-state index in [1.807, 2.05) is 12.3 Å². The number of rotatable bonds is 6. The van der Waals surface area contributed by atoms with Crippen LogP contribution >= 0.6 is 15.9 Å². The van der Waals surface area contributed by atoms with Gasteiger partial charge in [-0.3, -0.25) is 0 Å². The fraction of sp³-hybridized carbons (Fsp3) is 0.643. The van der Waals surface area contributed by atoms with Gasteiger partial charge in [-0.15, -0.1) is 0 Å². The van der Waals surface area contributed by atoms with Gasteiger partial charge in [0.1, 0.15) is 5.82 Å². The van der Waals surface area contributed by atoms with Gasteiger partial charge >= 0.3 is 0 Å². The highest BCUT2D eigenvalue weighted by atomic mass is 79.9. The molecule has 2 rings (SSSR count). The van der Waals surface area contributed by atoms with E-state index < -0.39 is 0 Å². The first kappa shape index (κ1) is 14.8. The van der Waals surface area contributed by atoms with Gasteiger partial charge < -0.3 is 15.0 Å². The Hall–Kier alpha value is -0.650. The lowest BCUT2D eigenvalue weighted by Crippen LogP contribution is -2.46. The van der Waals surface area contributed by atoms with Crippen LogP contribution in [0.5, 0.6) is 0 Å². The molecule has 1 saturated heterocycles. The molecule has 5 heteroatoms. The van der Waals surface area contributed by atoms with E-state index in [-0.39, 0.29) is 0 Å². The van der Waals surface area contributed by atoms with Gasteiger partial charge in [0, 0.05) is 39.0 Å². The SMILES string of the molecule is COCCNCC1CCCCN1c1ncccc1Br. The molecule has 1 aromatic rings. The maximum Gasteiger partial charge on any atom is 0.143 e. The molecule has 0 aromatic carbocycles. The molecule has 0 bridgehead atoms. The summed E-state index contributed by atoms with van der Waals surface area (Å²) in [6.45, 7) is 3.75. The highest BCUT2D eigenvalue weighted by Crippen LogP contribution is 2.28. The molecule has 0 radical (unpaired) electrons. The van der Waals surface area contributed by atoms with Gasteiger partial charge in [-0.25, -0.2) is 4.98 Å². The molecule has 1 atom stereocenters. The molecule has 0 aliphatic carbocycles. The number of nitrogens with zero attached hydrogens (tertiary/aromatic N) is 2. The fourth-order valence-corrected chi connectivity index (χ4v) is 3.01. The van der Waals surface area contributed by atoms with Crippen LogP contribution in [-0.4, -0.2) is 44.4 Å². The number of nitrogens with one attached hydrogen (secondary N) is 1. The third-order valence-electron chi connectivity index (χ3n) is 3.50. The molecule has 106 valence electrons. The Morgan fingerprint density at radius 3 is 3.21 bits per heavy atom. The second-order valence-electron chi connectivity index (χ2n) is 4.85. The minimum Gasteiger partial charge on any atom is -0.383 e. The average Bonchev–Trinajstić information content (AvgIpc) is 2.45. The van der Waals surface area contributed by atoms with Crippen molar-refractivity contribution < 1.29 is 4.74 Å². The zero-order valence-corrected chi connectivity index (χ0v) is 13.0. The lowest BCUT2D eigenvalue weighted by Gasteiger charge is -2.37. The predicted octanol–water partition coefficient (Wildman–Crippen LogP) is 2.44. The predicted molar refractivity (Wildman–Crippen MR) is 81.7 cm³/mol. The number of aromatic nitrogens is 1. The Bertz CT molecular complexity index is 389. The second kappa shape index (κ2) is 7.82. The van der Waals surface area contributed by atoms with Crippen LogP contribution in [0, 0.1) is 0 Å². The summed E-state index contributed by atoms with van der Waals surface area (Å²) in [5.74, 6) is 1.07. The van der Waals surface area contributed by atoms with Crippen LogP contribution < -0.4 is 10.2 Å². The molecule has 1 aromatic heterocycles. The molecule has 0 amide bonds. The van der Waals surface area contributed by atoms with Crippen LogP contribution in [0.25, 0.3) is 0 Å². The maximum atomic E-state index is 5.07. The molecule has 1 aliphatic heterocycles.